The first-order valence-corrected chi connectivity index (χ1v) is 8.75. The molecule has 3 rings (SSSR count). The Morgan fingerprint density at radius 3 is 2.77 bits per heavy atom. The van der Waals surface area contributed by atoms with Gasteiger partial charge in [0.2, 0.25) is 0 Å². The van der Waals surface area contributed by atoms with E-state index in [1.165, 1.54) is 11.0 Å². The minimum absolute atomic E-state index is 0.0748. The van der Waals surface area contributed by atoms with E-state index in [-0.39, 0.29) is 11.5 Å². The molecule has 1 fully saturated rings. The predicted molar refractivity (Wildman–Crippen MR) is 99.7 cm³/mol. The molecule has 1 heterocycles. The molecule has 136 valence electrons. The Morgan fingerprint density at radius 2 is 2.04 bits per heavy atom. The molecule has 1 aliphatic rings. The minimum Gasteiger partial charge on any atom is -0.508 e. The van der Waals surface area contributed by atoms with Crippen LogP contribution in [-0.2, 0) is 11.3 Å². The van der Waals surface area contributed by atoms with Crippen molar-refractivity contribution in [3.05, 3.63) is 65.2 Å². The Balaban J connectivity index is 1.76. The highest BCUT2D eigenvalue weighted by Gasteiger charge is 2.17. The van der Waals surface area contributed by atoms with E-state index < -0.39 is 0 Å². The number of benzene rings is 2. The molecule has 2 aromatic carbocycles. The summed E-state index contributed by atoms with van der Waals surface area (Å²) < 4.78 is 10.9. The van der Waals surface area contributed by atoms with Gasteiger partial charge in [-0.05, 0) is 42.0 Å². The summed E-state index contributed by atoms with van der Waals surface area (Å²) in [7, 11) is 1.65. The Hall–Kier alpha value is -2.63. The molecule has 2 N–H and O–H groups in total. The second-order valence-corrected chi connectivity index (χ2v) is 6.36. The van der Waals surface area contributed by atoms with E-state index in [2.05, 4.69) is 0 Å². The summed E-state index contributed by atoms with van der Waals surface area (Å²) >= 11 is 0. The van der Waals surface area contributed by atoms with Crippen molar-refractivity contribution in [3.63, 3.8) is 0 Å². The molecule has 2 aromatic rings. The van der Waals surface area contributed by atoms with E-state index in [9.17, 15) is 9.90 Å². The van der Waals surface area contributed by atoms with Crippen molar-refractivity contribution in [1.82, 2.24) is 0 Å². The molecular formula is C21H24NO4+. The lowest BCUT2D eigenvalue weighted by Crippen LogP contribution is -3.12. The molecule has 26 heavy (non-hydrogen) atoms. The van der Waals surface area contributed by atoms with Crippen molar-refractivity contribution < 1.29 is 24.3 Å². The largest absolute Gasteiger partial charge is 0.508 e. The van der Waals surface area contributed by atoms with Crippen LogP contribution < -0.4 is 9.64 Å². The monoisotopic (exact) mass is 354 g/mol. The van der Waals surface area contributed by atoms with Crippen LogP contribution in [0.1, 0.15) is 21.5 Å². The van der Waals surface area contributed by atoms with Gasteiger partial charge in [0.1, 0.15) is 31.1 Å². The third kappa shape index (κ3) is 4.71. The molecular weight excluding hydrogens is 330 g/mol. The SMILES string of the molecule is COc1ccc(C(=O)/C=C/c2cccc(O)c2)cc1C[NH+]1CCOCC1. The fraction of sp³-hybridized carbons (Fsp3) is 0.286. The van der Waals surface area contributed by atoms with Crippen LogP contribution in [0.15, 0.2) is 48.5 Å². The van der Waals surface area contributed by atoms with Crippen LogP contribution in [-0.4, -0.2) is 44.3 Å². The summed E-state index contributed by atoms with van der Waals surface area (Å²) in [6, 6.07) is 12.3. The molecule has 0 aromatic heterocycles. The van der Waals surface area contributed by atoms with Gasteiger partial charge in [0.25, 0.3) is 0 Å². The maximum atomic E-state index is 12.5. The molecule has 5 nitrogen and oxygen atoms in total. The highest BCUT2D eigenvalue weighted by Crippen LogP contribution is 2.20. The Morgan fingerprint density at radius 1 is 1.23 bits per heavy atom. The number of carbonyl (C=O) groups excluding carboxylic acids is 1. The summed E-state index contributed by atoms with van der Waals surface area (Å²) in [4.78, 5) is 14.0. The van der Waals surface area contributed by atoms with Crippen LogP contribution in [0.4, 0.5) is 0 Å². The Labute approximate surface area is 153 Å². The summed E-state index contributed by atoms with van der Waals surface area (Å²) in [5.41, 5.74) is 2.44. The van der Waals surface area contributed by atoms with Crippen LogP contribution in [0.2, 0.25) is 0 Å². The predicted octanol–water partition coefficient (Wildman–Crippen LogP) is 1.71. The number of ether oxygens (including phenoxy) is 2. The van der Waals surface area contributed by atoms with Gasteiger partial charge in [-0.2, -0.15) is 0 Å². The van der Waals surface area contributed by atoms with Crippen molar-refractivity contribution in [2.24, 2.45) is 0 Å². The molecule has 1 aliphatic heterocycles. The van der Waals surface area contributed by atoms with Crippen LogP contribution in [0.25, 0.3) is 6.08 Å². The van der Waals surface area contributed by atoms with Crippen molar-refractivity contribution >= 4 is 11.9 Å². The van der Waals surface area contributed by atoms with E-state index in [0.717, 1.165) is 49.7 Å². The lowest BCUT2D eigenvalue weighted by atomic mass is 10.0. The molecule has 0 bridgehead atoms. The summed E-state index contributed by atoms with van der Waals surface area (Å²) in [5.74, 6) is 0.909. The van der Waals surface area contributed by atoms with Crippen LogP contribution in [0, 0.1) is 0 Å². The van der Waals surface area contributed by atoms with Crippen molar-refractivity contribution in [3.8, 4) is 11.5 Å². The maximum Gasteiger partial charge on any atom is 0.185 e. The van der Waals surface area contributed by atoms with Gasteiger partial charge >= 0.3 is 0 Å². The Kier molecular flexibility index (Phi) is 6.04. The zero-order valence-electron chi connectivity index (χ0n) is 14.9. The molecule has 1 saturated heterocycles. The lowest BCUT2D eigenvalue weighted by Gasteiger charge is -2.24. The van der Waals surface area contributed by atoms with Gasteiger partial charge in [-0.15, -0.1) is 0 Å². The number of methoxy groups -OCH3 is 1. The molecule has 0 aliphatic carbocycles. The van der Waals surface area contributed by atoms with E-state index in [1.807, 2.05) is 18.2 Å². The lowest BCUT2D eigenvalue weighted by molar-refractivity contribution is -0.921. The second-order valence-electron chi connectivity index (χ2n) is 6.36. The van der Waals surface area contributed by atoms with Crippen LogP contribution >= 0.6 is 0 Å². The van der Waals surface area contributed by atoms with Crippen molar-refractivity contribution in [2.45, 2.75) is 6.54 Å². The number of ketones is 1. The average molecular weight is 354 g/mol. The zero-order valence-corrected chi connectivity index (χ0v) is 14.9. The first kappa shape index (κ1) is 18.2. The number of phenolic OH excluding ortho intramolecular Hbond substituents is 1. The number of hydrogen-bond donors (Lipinski definition) is 2. The van der Waals surface area contributed by atoms with Crippen molar-refractivity contribution in [2.75, 3.05) is 33.4 Å². The van der Waals surface area contributed by atoms with Gasteiger partial charge in [-0.1, -0.05) is 18.2 Å². The molecule has 0 unspecified atom stereocenters. The fourth-order valence-electron chi connectivity index (χ4n) is 3.07. The number of hydrogen-bond acceptors (Lipinski definition) is 4. The minimum atomic E-state index is -0.0748. The Bertz CT molecular complexity index is 794. The zero-order chi connectivity index (χ0) is 18.4. The van der Waals surface area contributed by atoms with Crippen LogP contribution in [0.3, 0.4) is 0 Å². The third-order valence-corrected chi connectivity index (χ3v) is 4.50. The third-order valence-electron chi connectivity index (χ3n) is 4.50. The molecule has 0 amide bonds. The summed E-state index contributed by atoms with van der Waals surface area (Å²) in [5, 5.41) is 9.50. The average Bonchev–Trinajstić information content (AvgIpc) is 2.67. The topological polar surface area (TPSA) is 60.2 Å². The highest BCUT2D eigenvalue weighted by molar-refractivity contribution is 6.07. The van der Waals surface area contributed by atoms with Gasteiger partial charge in [-0.3, -0.25) is 4.79 Å². The number of nitrogens with one attached hydrogen (secondary N) is 1. The van der Waals surface area contributed by atoms with Gasteiger partial charge in [0, 0.05) is 11.1 Å². The van der Waals surface area contributed by atoms with Gasteiger partial charge in [0.15, 0.2) is 5.78 Å². The van der Waals surface area contributed by atoms with Gasteiger partial charge in [-0.25, -0.2) is 0 Å². The molecule has 0 atom stereocenters. The van der Waals surface area contributed by atoms with E-state index in [1.54, 1.807) is 37.5 Å². The number of rotatable bonds is 6. The number of allylic oxidation sites excluding steroid dienone is 1. The quantitative estimate of drug-likeness (QED) is 0.613. The fourth-order valence-corrected chi connectivity index (χ4v) is 3.07. The molecule has 0 radical (unpaired) electrons. The van der Waals surface area contributed by atoms with E-state index >= 15 is 0 Å². The number of phenols is 1. The smallest absolute Gasteiger partial charge is 0.185 e. The standard InChI is InChI=1S/C21H23NO4/c1-25-21-8-6-17(14-18(21)15-22-9-11-26-12-10-22)20(24)7-5-16-3-2-4-19(23)13-16/h2-8,13-14,23H,9-12,15H2,1H3/p+1/b7-5+. The molecule has 0 spiro atoms. The van der Waals surface area contributed by atoms with Crippen molar-refractivity contribution in [1.29, 1.82) is 0 Å². The first-order valence-electron chi connectivity index (χ1n) is 8.75. The van der Waals surface area contributed by atoms with E-state index in [4.69, 9.17) is 9.47 Å². The second kappa shape index (κ2) is 8.65. The number of aromatic hydroxyl groups is 1. The van der Waals surface area contributed by atoms with Gasteiger partial charge in [0.05, 0.1) is 20.3 Å². The number of carbonyl (C=O) groups is 1. The first-order chi connectivity index (χ1) is 12.7. The number of quaternary nitrogens is 1. The van der Waals surface area contributed by atoms with Crippen LogP contribution in [0.5, 0.6) is 11.5 Å². The summed E-state index contributed by atoms with van der Waals surface area (Å²) in [6.45, 7) is 4.26. The summed E-state index contributed by atoms with van der Waals surface area (Å²) in [6.07, 6.45) is 3.24. The number of morpholine rings is 1. The van der Waals surface area contributed by atoms with Gasteiger partial charge < -0.3 is 19.5 Å². The molecule has 0 saturated carbocycles. The molecule has 5 heteroatoms. The van der Waals surface area contributed by atoms with E-state index in [0.29, 0.717) is 5.56 Å². The maximum absolute atomic E-state index is 12.5. The highest BCUT2D eigenvalue weighted by atomic mass is 16.5. The normalized spacial score (nSPS) is 15.3.